The van der Waals surface area contributed by atoms with Crippen LogP contribution in [0.1, 0.15) is 23.7 Å². The fourth-order valence-corrected chi connectivity index (χ4v) is 4.57. The van der Waals surface area contributed by atoms with E-state index in [2.05, 4.69) is 10.3 Å². The van der Waals surface area contributed by atoms with Gasteiger partial charge in [0.1, 0.15) is 22.4 Å². The van der Waals surface area contributed by atoms with E-state index < -0.39 is 11.2 Å². The monoisotopic (exact) mass is 490 g/mol. The van der Waals surface area contributed by atoms with Crippen LogP contribution in [-0.2, 0) is 9.59 Å². The van der Waals surface area contributed by atoms with Gasteiger partial charge in [-0.15, -0.1) is 0 Å². The van der Waals surface area contributed by atoms with Gasteiger partial charge in [-0.3, -0.25) is 14.5 Å². The molecule has 11 heteroatoms. The summed E-state index contributed by atoms with van der Waals surface area (Å²) in [7, 11) is 2.97. The van der Waals surface area contributed by atoms with Gasteiger partial charge in [-0.1, -0.05) is 35.5 Å². The highest BCUT2D eigenvalue weighted by atomic mass is 35.5. The van der Waals surface area contributed by atoms with Crippen molar-refractivity contribution in [2.75, 3.05) is 26.1 Å². The molecule has 3 rings (SSSR count). The van der Waals surface area contributed by atoms with Crippen LogP contribution >= 0.6 is 23.4 Å². The van der Waals surface area contributed by atoms with Crippen molar-refractivity contribution in [3.63, 3.8) is 0 Å². The minimum atomic E-state index is -1.30. The number of nitrogens with zero attached hydrogens (tertiary/aromatic N) is 2. The number of carbonyl (C=O) groups excluding carboxylic acids is 3. The minimum Gasteiger partial charge on any atom is -0.545 e. The molecule has 1 N–H and O–H groups in total. The first kappa shape index (κ1) is 24.4. The maximum Gasteiger partial charge on any atom is 0.242 e. The highest BCUT2D eigenvalue weighted by Crippen LogP contribution is 2.40. The van der Waals surface area contributed by atoms with Crippen LogP contribution in [0.3, 0.4) is 0 Å². The zero-order chi connectivity index (χ0) is 24.1. The standard InChI is InChI=1S/C22H22ClN3O6S/c1-4-26-20(28)18(11-19(27)24-13-7-5-12(6-8-13)21(29)30)33-22(26)25-15-10-16(31-2)14(23)9-17(15)32-3/h5-10,18H,4,11H2,1-3H3,(H,24,27)(H,29,30)/p-1/t18-/m1/s1. The summed E-state index contributed by atoms with van der Waals surface area (Å²) in [5.41, 5.74) is 0.855. The molecule has 9 nitrogen and oxygen atoms in total. The number of nitrogens with one attached hydrogen (secondary N) is 1. The molecule has 1 aliphatic rings. The Morgan fingerprint density at radius 1 is 1.18 bits per heavy atom. The number of hydrogen-bond acceptors (Lipinski definition) is 8. The van der Waals surface area contributed by atoms with Gasteiger partial charge in [0.05, 0.1) is 25.2 Å². The number of benzene rings is 2. The number of amides is 2. The molecule has 0 spiro atoms. The Labute approximate surface area is 199 Å². The molecule has 1 saturated heterocycles. The van der Waals surface area contributed by atoms with Gasteiger partial charge in [-0.25, -0.2) is 4.99 Å². The molecule has 0 aliphatic carbocycles. The summed E-state index contributed by atoms with van der Waals surface area (Å²) in [6, 6.07) is 8.77. The molecule has 0 bridgehead atoms. The predicted molar refractivity (Wildman–Crippen MR) is 124 cm³/mol. The lowest BCUT2D eigenvalue weighted by molar-refractivity contribution is -0.255. The van der Waals surface area contributed by atoms with Crippen LogP contribution in [0.25, 0.3) is 0 Å². The summed E-state index contributed by atoms with van der Waals surface area (Å²) in [4.78, 5) is 42.3. The first-order valence-electron chi connectivity index (χ1n) is 9.86. The normalized spacial score (nSPS) is 16.7. The summed E-state index contributed by atoms with van der Waals surface area (Å²) in [6.45, 7) is 2.19. The van der Waals surface area contributed by atoms with Crippen LogP contribution in [0.2, 0.25) is 5.02 Å². The summed E-state index contributed by atoms with van der Waals surface area (Å²) in [6.07, 6.45) is -0.0810. The number of carbonyl (C=O) groups is 3. The molecule has 2 aromatic carbocycles. The van der Waals surface area contributed by atoms with E-state index in [0.29, 0.717) is 39.6 Å². The van der Waals surface area contributed by atoms with Crippen LogP contribution < -0.4 is 19.9 Å². The Bertz CT molecular complexity index is 1110. The molecule has 1 atom stereocenters. The van der Waals surface area contributed by atoms with Crippen molar-refractivity contribution in [1.82, 2.24) is 4.90 Å². The third-order valence-electron chi connectivity index (χ3n) is 4.78. The zero-order valence-electron chi connectivity index (χ0n) is 18.1. The van der Waals surface area contributed by atoms with E-state index in [4.69, 9.17) is 21.1 Å². The molecule has 2 aromatic rings. The molecule has 0 radical (unpaired) electrons. The Morgan fingerprint density at radius 3 is 2.42 bits per heavy atom. The van der Waals surface area contributed by atoms with Crippen molar-refractivity contribution in [2.45, 2.75) is 18.6 Å². The van der Waals surface area contributed by atoms with Gasteiger partial charge in [0.25, 0.3) is 0 Å². The maximum atomic E-state index is 12.9. The van der Waals surface area contributed by atoms with Gasteiger partial charge < -0.3 is 24.7 Å². The number of rotatable bonds is 8. The van der Waals surface area contributed by atoms with E-state index in [1.165, 1.54) is 55.1 Å². The number of aliphatic imine (C=N–C) groups is 1. The molecule has 1 aliphatic heterocycles. The summed E-state index contributed by atoms with van der Waals surface area (Å²) in [5.74, 6) is -1.09. The number of carboxylic acid groups (broad SMARTS) is 1. The first-order valence-corrected chi connectivity index (χ1v) is 11.1. The topological polar surface area (TPSA) is 120 Å². The summed E-state index contributed by atoms with van der Waals surface area (Å²) < 4.78 is 10.6. The zero-order valence-corrected chi connectivity index (χ0v) is 19.7. The van der Waals surface area contributed by atoms with E-state index in [0.717, 1.165) is 0 Å². The van der Waals surface area contributed by atoms with Gasteiger partial charge in [0.2, 0.25) is 11.8 Å². The largest absolute Gasteiger partial charge is 0.545 e. The SMILES string of the molecule is CCN1C(=O)[C@@H](CC(=O)Nc2ccc(C(=O)[O-])cc2)SC1=Nc1cc(OC)c(Cl)cc1OC. The van der Waals surface area contributed by atoms with Gasteiger partial charge >= 0.3 is 0 Å². The maximum absolute atomic E-state index is 12.9. The van der Waals surface area contributed by atoms with Crippen molar-refractivity contribution in [3.05, 3.63) is 47.0 Å². The number of aromatic carboxylic acids is 1. The second-order valence-electron chi connectivity index (χ2n) is 6.86. The van der Waals surface area contributed by atoms with Gasteiger partial charge in [0.15, 0.2) is 5.17 Å². The van der Waals surface area contributed by atoms with Crippen molar-refractivity contribution in [1.29, 1.82) is 0 Å². The number of halogens is 1. The average Bonchev–Trinajstić information content (AvgIpc) is 3.08. The smallest absolute Gasteiger partial charge is 0.242 e. The molecule has 2 amide bonds. The fourth-order valence-electron chi connectivity index (χ4n) is 3.12. The van der Waals surface area contributed by atoms with E-state index in [9.17, 15) is 19.5 Å². The highest BCUT2D eigenvalue weighted by Gasteiger charge is 2.38. The second kappa shape index (κ2) is 10.6. The molecular weight excluding hydrogens is 470 g/mol. The molecule has 33 heavy (non-hydrogen) atoms. The van der Waals surface area contributed by atoms with E-state index in [1.807, 2.05) is 6.92 Å². The number of hydrogen-bond donors (Lipinski definition) is 1. The molecule has 0 aromatic heterocycles. The van der Waals surface area contributed by atoms with E-state index in [-0.39, 0.29) is 23.8 Å². The molecule has 0 saturated carbocycles. The van der Waals surface area contributed by atoms with Crippen LogP contribution in [0.4, 0.5) is 11.4 Å². The lowest BCUT2D eigenvalue weighted by Gasteiger charge is -2.14. The molecule has 0 unspecified atom stereocenters. The molecular formula is C22H21ClN3O6S-. The second-order valence-corrected chi connectivity index (χ2v) is 8.44. The minimum absolute atomic E-state index is 0.00299. The third-order valence-corrected chi connectivity index (χ3v) is 6.25. The number of thioether (sulfide) groups is 1. The third kappa shape index (κ3) is 5.58. The van der Waals surface area contributed by atoms with Gasteiger partial charge in [-0.05, 0) is 24.6 Å². The number of amidine groups is 1. The Balaban J connectivity index is 1.77. The lowest BCUT2D eigenvalue weighted by Crippen LogP contribution is -2.33. The molecule has 1 fully saturated rings. The van der Waals surface area contributed by atoms with Crippen molar-refractivity contribution < 1.29 is 29.0 Å². The number of ether oxygens (including phenoxy) is 2. The van der Waals surface area contributed by atoms with Crippen molar-refractivity contribution >= 4 is 57.7 Å². The fraction of sp³-hybridized carbons (Fsp3) is 0.273. The van der Waals surface area contributed by atoms with Gasteiger partial charge in [0, 0.05) is 30.8 Å². The number of carboxylic acids is 1. The summed E-state index contributed by atoms with van der Waals surface area (Å²) in [5, 5.41) is 13.6. The van der Waals surface area contributed by atoms with Crippen molar-refractivity contribution in [3.8, 4) is 11.5 Å². The van der Waals surface area contributed by atoms with Crippen LogP contribution in [0, 0.1) is 0 Å². The lowest BCUT2D eigenvalue weighted by atomic mass is 10.2. The Hall–Kier alpha value is -3.24. The van der Waals surface area contributed by atoms with E-state index >= 15 is 0 Å². The number of methoxy groups -OCH3 is 2. The Kier molecular flexibility index (Phi) is 7.83. The molecule has 1 heterocycles. The highest BCUT2D eigenvalue weighted by molar-refractivity contribution is 8.15. The Morgan fingerprint density at radius 2 is 1.85 bits per heavy atom. The van der Waals surface area contributed by atoms with Crippen LogP contribution in [0.5, 0.6) is 11.5 Å². The predicted octanol–water partition coefficient (Wildman–Crippen LogP) is 2.70. The number of anilines is 1. The quantitative estimate of drug-likeness (QED) is 0.603. The first-order chi connectivity index (χ1) is 15.8. The van der Waals surface area contributed by atoms with Gasteiger partial charge in [-0.2, -0.15) is 0 Å². The van der Waals surface area contributed by atoms with Crippen molar-refractivity contribution in [2.24, 2.45) is 4.99 Å². The summed E-state index contributed by atoms with van der Waals surface area (Å²) >= 11 is 7.33. The average molecular weight is 491 g/mol. The van der Waals surface area contributed by atoms with Crippen LogP contribution in [0.15, 0.2) is 41.4 Å². The van der Waals surface area contributed by atoms with E-state index in [1.54, 1.807) is 12.1 Å². The van der Waals surface area contributed by atoms with Crippen LogP contribution in [-0.4, -0.2) is 53.9 Å². The molecule has 174 valence electrons.